The molecule has 0 saturated heterocycles. The Bertz CT molecular complexity index is 944. The van der Waals surface area contributed by atoms with Gasteiger partial charge in [0.05, 0.1) is 0 Å². The molecule has 138 valence electrons. The third-order valence-electron chi connectivity index (χ3n) is 6.34. The molecule has 0 amide bonds. The molecule has 4 rings (SSSR count). The van der Waals surface area contributed by atoms with E-state index in [-0.39, 0.29) is 5.82 Å². The first-order valence-electron chi connectivity index (χ1n) is 10.1. The first kappa shape index (κ1) is 18.0. The summed E-state index contributed by atoms with van der Waals surface area (Å²) in [6.45, 7) is 5.99. The van der Waals surface area contributed by atoms with Crippen LogP contribution >= 0.6 is 0 Å². The monoisotopic (exact) mass is 358 g/mol. The lowest BCUT2D eigenvalue weighted by molar-refractivity contribution is 0.319. The molecule has 0 aromatic heterocycles. The second kappa shape index (κ2) is 7.68. The Morgan fingerprint density at radius 1 is 0.926 bits per heavy atom. The fourth-order valence-corrected chi connectivity index (χ4v) is 4.50. The van der Waals surface area contributed by atoms with E-state index in [0.717, 1.165) is 16.9 Å². The van der Waals surface area contributed by atoms with Crippen LogP contribution in [0.4, 0.5) is 4.39 Å². The molecule has 3 aromatic carbocycles. The molecule has 0 unspecified atom stereocenters. The molecule has 0 nitrogen and oxygen atoms in total. The third-order valence-corrected chi connectivity index (χ3v) is 6.34. The molecular formula is C26H27F. The van der Waals surface area contributed by atoms with E-state index in [1.54, 1.807) is 12.1 Å². The Hall–Kier alpha value is -2.41. The van der Waals surface area contributed by atoms with Gasteiger partial charge in [0.25, 0.3) is 0 Å². The Balaban J connectivity index is 1.58. The van der Waals surface area contributed by atoms with Gasteiger partial charge in [0, 0.05) is 10.9 Å². The summed E-state index contributed by atoms with van der Waals surface area (Å²) in [7, 11) is 0. The van der Waals surface area contributed by atoms with E-state index in [1.807, 2.05) is 18.2 Å². The molecule has 1 fully saturated rings. The van der Waals surface area contributed by atoms with Crippen LogP contribution in [0.2, 0.25) is 0 Å². The number of benzene rings is 3. The normalized spacial score (nSPS) is 19.9. The lowest BCUT2D eigenvalue weighted by atomic mass is 9.77. The van der Waals surface area contributed by atoms with Gasteiger partial charge >= 0.3 is 0 Å². The van der Waals surface area contributed by atoms with Crippen molar-refractivity contribution in [2.75, 3.05) is 0 Å². The van der Waals surface area contributed by atoms with Crippen molar-refractivity contribution in [2.45, 2.75) is 44.9 Å². The maximum atomic E-state index is 14.4. The first-order valence-corrected chi connectivity index (χ1v) is 10.1. The van der Waals surface area contributed by atoms with Gasteiger partial charge in [-0.2, -0.15) is 0 Å². The summed E-state index contributed by atoms with van der Waals surface area (Å²) in [5, 5.41) is 1.58. The third kappa shape index (κ3) is 3.56. The number of halogens is 1. The molecule has 0 spiro atoms. The van der Waals surface area contributed by atoms with Crippen molar-refractivity contribution in [2.24, 2.45) is 5.92 Å². The van der Waals surface area contributed by atoms with Crippen LogP contribution in [0.15, 0.2) is 61.2 Å². The smallest absolute Gasteiger partial charge is 0.138 e. The van der Waals surface area contributed by atoms with Crippen LogP contribution in [0.1, 0.15) is 56.1 Å². The highest BCUT2D eigenvalue weighted by Gasteiger charge is 2.21. The largest absolute Gasteiger partial charge is 0.206 e. The van der Waals surface area contributed by atoms with Gasteiger partial charge < -0.3 is 0 Å². The summed E-state index contributed by atoms with van der Waals surface area (Å²) in [5.74, 6) is 1.46. The van der Waals surface area contributed by atoms with E-state index in [4.69, 9.17) is 0 Å². The van der Waals surface area contributed by atoms with Crippen molar-refractivity contribution in [3.05, 3.63) is 78.1 Å². The highest BCUT2D eigenvalue weighted by atomic mass is 19.1. The average Bonchev–Trinajstić information content (AvgIpc) is 2.74. The summed E-state index contributed by atoms with van der Waals surface area (Å²) in [6.07, 6.45) is 8.26. The Labute approximate surface area is 161 Å². The highest BCUT2D eigenvalue weighted by molar-refractivity contribution is 5.89. The van der Waals surface area contributed by atoms with Gasteiger partial charge in [-0.05, 0) is 65.7 Å². The molecule has 0 radical (unpaired) electrons. The zero-order chi connectivity index (χ0) is 18.8. The quantitative estimate of drug-likeness (QED) is 0.443. The van der Waals surface area contributed by atoms with E-state index in [1.165, 1.54) is 43.2 Å². The van der Waals surface area contributed by atoms with Crippen LogP contribution in [-0.2, 0) is 0 Å². The lowest BCUT2D eigenvalue weighted by Gasteiger charge is -2.28. The Morgan fingerprint density at radius 2 is 1.63 bits per heavy atom. The maximum Gasteiger partial charge on any atom is 0.138 e. The molecule has 1 heteroatoms. The SMILES string of the molecule is C=Cc1ccc2cc(-c3ccc(C4CCC(CC)CC4)cc3)ccc2c1F. The number of rotatable bonds is 4. The standard InChI is InChI=1S/C26H27F/c1-3-18-5-7-20(8-6-18)21-10-12-22(13-11-21)23-15-16-25-24(17-23)14-9-19(4-2)26(25)27/h4,9-18,20H,2-3,5-8H2,1H3. The summed E-state index contributed by atoms with van der Waals surface area (Å²) < 4.78 is 14.4. The molecule has 0 bridgehead atoms. The van der Waals surface area contributed by atoms with Crippen LogP contribution < -0.4 is 0 Å². The minimum Gasteiger partial charge on any atom is -0.206 e. The van der Waals surface area contributed by atoms with Crippen molar-refractivity contribution < 1.29 is 4.39 Å². The summed E-state index contributed by atoms with van der Waals surface area (Å²) in [6, 6.07) is 18.8. The van der Waals surface area contributed by atoms with Crippen LogP contribution in [0.5, 0.6) is 0 Å². The number of hydrogen-bond acceptors (Lipinski definition) is 0. The minimum absolute atomic E-state index is 0.188. The van der Waals surface area contributed by atoms with E-state index < -0.39 is 0 Å². The zero-order valence-electron chi connectivity index (χ0n) is 16.0. The van der Waals surface area contributed by atoms with E-state index in [9.17, 15) is 4.39 Å². The van der Waals surface area contributed by atoms with Gasteiger partial charge in [-0.15, -0.1) is 0 Å². The van der Waals surface area contributed by atoms with Crippen LogP contribution in [0.3, 0.4) is 0 Å². The Kier molecular flexibility index (Phi) is 5.11. The highest BCUT2D eigenvalue weighted by Crippen LogP contribution is 2.37. The van der Waals surface area contributed by atoms with E-state index >= 15 is 0 Å². The van der Waals surface area contributed by atoms with Crippen molar-refractivity contribution in [3.8, 4) is 11.1 Å². The van der Waals surface area contributed by atoms with Gasteiger partial charge in [-0.3, -0.25) is 0 Å². The molecule has 0 atom stereocenters. The zero-order valence-corrected chi connectivity index (χ0v) is 16.0. The van der Waals surface area contributed by atoms with Crippen molar-refractivity contribution >= 4 is 16.8 Å². The number of hydrogen-bond donors (Lipinski definition) is 0. The van der Waals surface area contributed by atoms with Gasteiger partial charge in [0.15, 0.2) is 0 Å². The maximum absolute atomic E-state index is 14.4. The first-order chi connectivity index (χ1) is 13.2. The topological polar surface area (TPSA) is 0 Å². The molecule has 1 aliphatic carbocycles. The predicted molar refractivity (Wildman–Crippen MR) is 114 cm³/mol. The molecule has 3 aromatic rings. The molecule has 0 heterocycles. The van der Waals surface area contributed by atoms with Crippen LogP contribution in [0, 0.1) is 11.7 Å². The summed E-state index contributed by atoms with van der Waals surface area (Å²) >= 11 is 0. The Morgan fingerprint density at radius 3 is 2.30 bits per heavy atom. The van der Waals surface area contributed by atoms with Crippen molar-refractivity contribution in [3.63, 3.8) is 0 Å². The minimum atomic E-state index is -0.188. The predicted octanol–water partition coefficient (Wildman–Crippen LogP) is 7.97. The van der Waals surface area contributed by atoms with Crippen molar-refractivity contribution in [1.29, 1.82) is 0 Å². The van der Waals surface area contributed by atoms with Crippen LogP contribution in [-0.4, -0.2) is 0 Å². The van der Waals surface area contributed by atoms with Crippen molar-refractivity contribution in [1.82, 2.24) is 0 Å². The van der Waals surface area contributed by atoms with Gasteiger partial charge in [-0.25, -0.2) is 4.39 Å². The fourth-order valence-electron chi connectivity index (χ4n) is 4.50. The van der Waals surface area contributed by atoms with E-state index in [2.05, 4.69) is 43.8 Å². The molecule has 1 saturated carbocycles. The lowest BCUT2D eigenvalue weighted by Crippen LogP contribution is -2.12. The molecule has 27 heavy (non-hydrogen) atoms. The second-order valence-corrected chi connectivity index (χ2v) is 7.86. The molecular weight excluding hydrogens is 331 g/mol. The van der Waals surface area contributed by atoms with Gasteiger partial charge in [0.1, 0.15) is 5.82 Å². The fraction of sp³-hybridized carbons (Fsp3) is 0.308. The van der Waals surface area contributed by atoms with Gasteiger partial charge in [-0.1, -0.05) is 74.5 Å². The summed E-state index contributed by atoms with van der Waals surface area (Å²) in [5.41, 5.74) is 4.35. The molecule has 0 aliphatic heterocycles. The second-order valence-electron chi connectivity index (χ2n) is 7.86. The summed E-state index contributed by atoms with van der Waals surface area (Å²) in [4.78, 5) is 0. The number of fused-ring (bicyclic) bond motifs is 1. The molecule has 1 aliphatic rings. The molecule has 0 N–H and O–H groups in total. The van der Waals surface area contributed by atoms with Crippen LogP contribution in [0.25, 0.3) is 28.0 Å². The van der Waals surface area contributed by atoms with E-state index in [0.29, 0.717) is 16.9 Å². The van der Waals surface area contributed by atoms with Gasteiger partial charge in [0.2, 0.25) is 0 Å². The average molecular weight is 358 g/mol.